The summed E-state index contributed by atoms with van der Waals surface area (Å²) in [6.45, 7) is 3.85. The molecule has 7 nitrogen and oxygen atoms in total. The van der Waals surface area contributed by atoms with Gasteiger partial charge in [-0.1, -0.05) is 19.1 Å². The summed E-state index contributed by atoms with van der Waals surface area (Å²) in [6, 6.07) is 11.8. The molecule has 0 radical (unpaired) electrons. The van der Waals surface area contributed by atoms with Gasteiger partial charge in [0.2, 0.25) is 0 Å². The molecule has 34 heavy (non-hydrogen) atoms. The summed E-state index contributed by atoms with van der Waals surface area (Å²) in [4.78, 5) is 36.7. The highest BCUT2D eigenvalue weighted by atomic mass is 19.1. The van der Waals surface area contributed by atoms with Crippen LogP contribution in [-0.4, -0.2) is 33.5 Å². The van der Waals surface area contributed by atoms with Gasteiger partial charge in [0.15, 0.2) is 5.78 Å². The fourth-order valence-electron chi connectivity index (χ4n) is 3.48. The number of carboxylic acid groups (broad SMARTS) is 1. The predicted molar refractivity (Wildman–Crippen MR) is 124 cm³/mol. The first-order valence-corrected chi connectivity index (χ1v) is 10.7. The van der Waals surface area contributed by atoms with Crippen molar-refractivity contribution in [2.24, 2.45) is 0 Å². The molecule has 178 valence electrons. The Bertz CT molecular complexity index is 1290. The number of aromatic nitrogens is 1. The number of ketones is 1. The summed E-state index contributed by atoms with van der Waals surface area (Å²) in [7, 11) is 0. The minimum Gasteiger partial charge on any atom is -0.480 e. The molecule has 0 unspecified atom stereocenters. The van der Waals surface area contributed by atoms with Crippen molar-refractivity contribution in [2.75, 3.05) is 12.3 Å². The van der Waals surface area contributed by atoms with Crippen LogP contribution < -0.4 is 16.6 Å². The number of carbonyl (C=O) groups excluding carboxylic acids is 1. The lowest BCUT2D eigenvalue weighted by molar-refractivity contribution is -0.144. The molecule has 0 aliphatic rings. The first-order chi connectivity index (χ1) is 16.1. The maximum atomic E-state index is 14.1. The summed E-state index contributed by atoms with van der Waals surface area (Å²) >= 11 is 0. The van der Waals surface area contributed by atoms with Gasteiger partial charge < -0.3 is 16.2 Å². The number of nitrogens with two attached hydrogens (primary N) is 1. The van der Waals surface area contributed by atoms with Crippen molar-refractivity contribution in [2.45, 2.75) is 32.2 Å². The third-order valence-electron chi connectivity index (χ3n) is 5.85. The number of aliphatic carboxylic acids is 1. The standard InChI is InChI=1S/C25H25F2N3O4/c1-3-25(2,24(33)34)29-13-12-15-4-7-17(8-5-15)30-21(31)11-10-19(23(30)28)22(32)18-9-6-16(26)14-20(18)27/h4-11,14,29H,3,12-13,28H2,1-2H3,(H,33,34)/t25-/m0/s1. The summed E-state index contributed by atoms with van der Waals surface area (Å²) in [5, 5.41) is 12.4. The van der Waals surface area contributed by atoms with Gasteiger partial charge in [-0.05, 0) is 55.7 Å². The number of hydrogen-bond acceptors (Lipinski definition) is 5. The second kappa shape index (κ2) is 9.96. The molecule has 0 aliphatic heterocycles. The number of halogens is 2. The molecule has 2 aromatic carbocycles. The summed E-state index contributed by atoms with van der Waals surface area (Å²) < 4.78 is 28.4. The number of carboxylic acids is 1. The molecule has 0 spiro atoms. The number of pyridine rings is 1. The first kappa shape index (κ1) is 24.8. The molecule has 0 fully saturated rings. The largest absolute Gasteiger partial charge is 0.480 e. The van der Waals surface area contributed by atoms with E-state index in [1.165, 1.54) is 6.07 Å². The Balaban J connectivity index is 1.84. The van der Waals surface area contributed by atoms with E-state index in [4.69, 9.17) is 5.73 Å². The molecular weight excluding hydrogens is 444 g/mol. The second-order valence-corrected chi connectivity index (χ2v) is 8.09. The number of carbonyl (C=O) groups is 2. The molecule has 3 aromatic rings. The number of nitrogen functional groups attached to an aromatic ring is 1. The van der Waals surface area contributed by atoms with Crippen molar-refractivity contribution >= 4 is 17.6 Å². The molecule has 9 heteroatoms. The fraction of sp³-hybridized carbons (Fsp3) is 0.240. The van der Waals surface area contributed by atoms with E-state index in [1.807, 2.05) is 0 Å². The zero-order chi connectivity index (χ0) is 25.0. The average molecular weight is 469 g/mol. The molecule has 0 aliphatic carbocycles. The molecular formula is C25H25F2N3O4. The van der Waals surface area contributed by atoms with Gasteiger partial charge in [0.05, 0.1) is 16.8 Å². The number of rotatable bonds is 9. The molecule has 1 heterocycles. The van der Waals surface area contributed by atoms with E-state index in [0.29, 0.717) is 31.1 Å². The van der Waals surface area contributed by atoms with E-state index < -0.39 is 34.5 Å². The molecule has 0 saturated carbocycles. The molecule has 1 atom stereocenters. The molecule has 0 bridgehead atoms. The van der Waals surface area contributed by atoms with E-state index in [0.717, 1.165) is 28.3 Å². The van der Waals surface area contributed by atoms with Crippen molar-refractivity contribution in [3.8, 4) is 5.69 Å². The zero-order valence-corrected chi connectivity index (χ0v) is 18.8. The normalized spacial score (nSPS) is 12.8. The summed E-state index contributed by atoms with van der Waals surface area (Å²) in [6.07, 6.45) is 0.982. The predicted octanol–water partition coefficient (Wildman–Crippen LogP) is 3.31. The topological polar surface area (TPSA) is 114 Å². The lowest BCUT2D eigenvalue weighted by Crippen LogP contribution is -2.49. The highest BCUT2D eigenvalue weighted by Gasteiger charge is 2.29. The van der Waals surface area contributed by atoms with Crippen LogP contribution in [0.3, 0.4) is 0 Å². The maximum absolute atomic E-state index is 14.1. The van der Waals surface area contributed by atoms with Crippen molar-refractivity contribution in [1.29, 1.82) is 0 Å². The second-order valence-electron chi connectivity index (χ2n) is 8.09. The third-order valence-corrected chi connectivity index (χ3v) is 5.85. The van der Waals surface area contributed by atoms with Crippen LogP contribution in [0.4, 0.5) is 14.6 Å². The lowest BCUT2D eigenvalue weighted by atomic mass is 9.99. The summed E-state index contributed by atoms with van der Waals surface area (Å²) in [5.74, 6) is -3.71. The Labute approximate surface area is 194 Å². The first-order valence-electron chi connectivity index (χ1n) is 10.7. The Hall–Kier alpha value is -3.85. The van der Waals surface area contributed by atoms with Crippen LogP contribution in [0.25, 0.3) is 5.69 Å². The smallest absolute Gasteiger partial charge is 0.323 e. The monoisotopic (exact) mass is 469 g/mol. The minimum absolute atomic E-state index is 0.0918. The van der Waals surface area contributed by atoms with Crippen molar-refractivity contribution in [3.63, 3.8) is 0 Å². The van der Waals surface area contributed by atoms with Crippen LogP contribution in [0, 0.1) is 11.6 Å². The van der Waals surface area contributed by atoms with E-state index in [1.54, 1.807) is 38.1 Å². The number of nitrogens with one attached hydrogen (secondary N) is 1. The van der Waals surface area contributed by atoms with Gasteiger partial charge >= 0.3 is 5.97 Å². The Morgan fingerprint density at radius 3 is 2.29 bits per heavy atom. The van der Waals surface area contributed by atoms with Crippen LogP contribution in [0.5, 0.6) is 0 Å². The zero-order valence-electron chi connectivity index (χ0n) is 18.8. The van der Waals surface area contributed by atoms with Gasteiger partial charge in [-0.2, -0.15) is 0 Å². The van der Waals surface area contributed by atoms with Gasteiger partial charge in [0, 0.05) is 18.7 Å². The molecule has 1 aromatic heterocycles. The van der Waals surface area contributed by atoms with Crippen molar-refractivity contribution < 1.29 is 23.5 Å². The minimum atomic E-state index is -1.03. The Morgan fingerprint density at radius 2 is 1.71 bits per heavy atom. The number of benzene rings is 2. The van der Waals surface area contributed by atoms with Crippen LogP contribution in [0.15, 0.2) is 59.4 Å². The maximum Gasteiger partial charge on any atom is 0.323 e. The fourth-order valence-corrected chi connectivity index (χ4v) is 3.48. The highest BCUT2D eigenvalue weighted by molar-refractivity contribution is 6.11. The van der Waals surface area contributed by atoms with E-state index >= 15 is 0 Å². The number of anilines is 1. The van der Waals surface area contributed by atoms with E-state index in [9.17, 15) is 28.3 Å². The van der Waals surface area contributed by atoms with Gasteiger partial charge in [-0.15, -0.1) is 0 Å². The van der Waals surface area contributed by atoms with Crippen LogP contribution in [0.2, 0.25) is 0 Å². The summed E-state index contributed by atoms with van der Waals surface area (Å²) in [5.41, 5.74) is 5.47. The van der Waals surface area contributed by atoms with Gasteiger partial charge in [-0.25, -0.2) is 8.78 Å². The van der Waals surface area contributed by atoms with E-state index in [2.05, 4.69) is 5.32 Å². The molecule has 4 N–H and O–H groups in total. The molecule has 0 saturated heterocycles. The highest BCUT2D eigenvalue weighted by Crippen LogP contribution is 2.21. The van der Waals surface area contributed by atoms with Crippen LogP contribution in [0.1, 0.15) is 41.8 Å². The van der Waals surface area contributed by atoms with Gasteiger partial charge in [0.25, 0.3) is 5.56 Å². The number of hydrogen-bond donors (Lipinski definition) is 3. The Morgan fingerprint density at radius 1 is 1.06 bits per heavy atom. The van der Waals surface area contributed by atoms with Gasteiger partial charge in [0.1, 0.15) is 23.0 Å². The molecule has 0 amide bonds. The lowest BCUT2D eigenvalue weighted by Gasteiger charge is -2.24. The van der Waals surface area contributed by atoms with Crippen LogP contribution in [-0.2, 0) is 11.2 Å². The van der Waals surface area contributed by atoms with Gasteiger partial charge in [-0.3, -0.25) is 19.0 Å². The van der Waals surface area contributed by atoms with Crippen molar-refractivity contribution in [3.05, 3.63) is 93.3 Å². The quantitative estimate of drug-likeness (QED) is 0.414. The average Bonchev–Trinajstić information content (AvgIpc) is 2.79. The van der Waals surface area contributed by atoms with E-state index in [-0.39, 0.29) is 16.9 Å². The van der Waals surface area contributed by atoms with Crippen molar-refractivity contribution in [1.82, 2.24) is 9.88 Å². The molecule has 3 rings (SSSR count). The third kappa shape index (κ3) is 5.04. The number of nitrogens with zero attached hydrogens (tertiary/aromatic N) is 1. The van der Waals surface area contributed by atoms with Crippen LogP contribution >= 0.6 is 0 Å². The Kier molecular flexibility index (Phi) is 7.26. The SMILES string of the molecule is CC[C@](C)(NCCc1ccc(-n2c(N)c(C(=O)c3ccc(F)cc3F)ccc2=O)cc1)C(=O)O.